The Bertz CT molecular complexity index is 1090. The van der Waals surface area contributed by atoms with Gasteiger partial charge in [0, 0.05) is 35.6 Å². The van der Waals surface area contributed by atoms with Crippen LogP contribution in [0.3, 0.4) is 0 Å². The van der Waals surface area contributed by atoms with Gasteiger partial charge < -0.3 is 9.88 Å². The molecule has 0 saturated heterocycles. The highest BCUT2D eigenvalue weighted by atomic mass is 32.2. The number of benzene rings is 3. The molecule has 4 nitrogen and oxygen atoms in total. The van der Waals surface area contributed by atoms with Crippen molar-refractivity contribution in [3.8, 4) is 11.4 Å². The van der Waals surface area contributed by atoms with Crippen LogP contribution in [0.2, 0.25) is 0 Å². The summed E-state index contributed by atoms with van der Waals surface area (Å²) in [7, 11) is 1.95. The number of thioether (sulfide) groups is 1. The molecular formula is C24H21N3OS. The molecule has 5 heteroatoms. The molecule has 0 spiro atoms. The minimum absolute atomic E-state index is 0.0537. The summed E-state index contributed by atoms with van der Waals surface area (Å²) in [6.07, 6.45) is 3.67. The summed E-state index contributed by atoms with van der Waals surface area (Å²) in [5, 5.41) is 2.73. The standard InChI is InChI=1S/C24H21N3OS/c1-27-16-15-25-23(27)19-11-8-12-20(17-19)26-24(28)22(18-9-4-2-5-10-18)29-21-13-6-3-7-14-21/h2-17,22H,1H3,(H,26,28). The fourth-order valence-electron chi connectivity index (χ4n) is 3.12. The molecule has 4 rings (SSSR count). The smallest absolute Gasteiger partial charge is 0.242 e. The van der Waals surface area contributed by atoms with Gasteiger partial charge in [-0.3, -0.25) is 4.79 Å². The second-order valence-corrected chi connectivity index (χ2v) is 7.83. The second kappa shape index (κ2) is 8.80. The van der Waals surface area contributed by atoms with Crippen molar-refractivity contribution in [2.24, 2.45) is 7.05 Å². The Morgan fingerprint density at radius 2 is 1.69 bits per heavy atom. The molecular weight excluding hydrogens is 378 g/mol. The normalized spacial score (nSPS) is 11.8. The number of hydrogen-bond donors (Lipinski definition) is 1. The number of nitrogens with one attached hydrogen (secondary N) is 1. The molecule has 0 saturated carbocycles. The van der Waals surface area contributed by atoms with Gasteiger partial charge in [-0.15, -0.1) is 11.8 Å². The third kappa shape index (κ3) is 4.58. The Balaban J connectivity index is 1.59. The number of imidazole rings is 1. The number of anilines is 1. The fraction of sp³-hybridized carbons (Fsp3) is 0.0833. The Hall–Kier alpha value is -3.31. The quantitative estimate of drug-likeness (QED) is 0.432. The average Bonchev–Trinajstić information content (AvgIpc) is 3.19. The van der Waals surface area contributed by atoms with E-state index < -0.39 is 0 Å². The van der Waals surface area contributed by atoms with Crippen molar-refractivity contribution in [1.29, 1.82) is 0 Å². The number of hydrogen-bond acceptors (Lipinski definition) is 3. The first kappa shape index (κ1) is 19.0. The molecule has 0 radical (unpaired) electrons. The predicted octanol–water partition coefficient (Wildman–Crippen LogP) is 5.56. The molecule has 1 N–H and O–H groups in total. The van der Waals surface area contributed by atoms with Gasteiger partial charge in [0.15, 0.2) is 0 Å². The molecule has 3 aromatic carbocycles. The van der Waals surface area contributed by atoms with Gasteiger partial charge in [-0.25, -0.2) is 4.98 Å². The number of nitrogens with zero attached hydrogens (tertiary/aromatic N) is 2. The van der Waals surface area contributed by atoms with Crippen LogP contribution in [0.5, 0.6) is 0 Å². The number of amides is 1. The van der Waals surface area contributed by atoms with E-state index in [-0.39, 0.29) is 11.2 Å². The molecule has 1 atom stereocenters. The van der Waals surface area contributed by atoms with Crippen molar-refractivity contribution >= 4 is 23.4 Å². The monoisotopic (exact) mass is 399 g/mol. The van der Waals surface area contributed by atoms with E-state index in [0.717, 1.165) is 27.5 Å². The third-order valence-electron chi connectivity index (χ3n) is 4.55. The third-order valence-corrected chi connectivity index (χ3v) is 5.81. The average molecular weight is 400 g/mol. The maximum atomic E-state index is 13.2. The SMILES string of the molecule is Cn1ccnc1-c1cccc(NC(=O)C(Sc2ccccc2)c2ccccc2)c1. The summed E-state index contributed by atoms with van der Waals surface area (Å²) in [6, 6.07) is 27.6. The number of carbonyl (C=O) groups is 1. The highest BCUT2D eigenvalue weighted by Crippen LogP contribution is 2.36. The summed E-state index contributed by atoms with van der Waals surface area (Å²) in [5.74, 6) is 0.807. The van der Waals surface area contributed by atoms with Crippen LogP contribution in [0.4, 0.5) is 5.69 Å². The minimum Gasteiger partial charge on any atom is -0.334 e. The summed E-state index contributed by atoms with van der Waals surface area (Å²) in [6.45, 7) is 0. The van der Waals surface area contributed by atoms with Crippen LogP contribution in [0.25, 0.3) is 11.4 Å². The lowest BCUT2D eigenvalue weighted by Gasteiger charge is -2.17. The molecule has 0 fully saturated rings. The van der Waals surface area contributed by atoms with E-state index in [2.05, 4.69) is 10.3 Å². The second-order valence-electron chi connectivity index (χ2n) is 6.65. The molecule has 1 amide bonds. The molecule has 1 unspecified atom stereocenters. The van der Waals surface area contributed by atoms with Gasteiger partial charge in [0.1, 0.15) is 11.1 Å². The van der Waals surface area contributed by atoms with Gasteiger partial charge in [0.05, 0.1) is 0 Å². The zero-order valence-corrected chi connectivity index (χ0v) is 16.8. The first-order chi connectivity index (χ1) is 14.2. The Morgan fingerprint density at radius 1 is 0.966 bits per heavy atom. The number of carbonyl (C=O) groups excluding carboxylic acids is 1. The highest BCUT2D eigenvalue weighted by molar-refractivity contribution is 8.00. The molecule has 0 aliphatic carbocycles. The molecule has 1 aromatic heterocycles. The van der Waals surface area contributed by atoms with E-state index in [1.807, 2.05) is 103 Å². The van der Waals surface area contributed by atoms with Crippen LogP contribution in [-0.2, 0) is 11.8 Å². The van der Waals surface area contributed by atoms with Gasteiger partial charge in [-0.05, 0) is 29.8 Å². The Morgan fingerprint density at radius 3 is 2.38 bits per heavy atom. The van der Waals surface area contributed by atoms with Crippen molar-refractivity contribution in [3.05, 3.63) is 103 Å². The Labute approximate surface area is 174 Å². The number of rotatable bonds is 6. The van der Waals surface area contributed by atoms with E-state index in [4.69, 9.17) is 0 Å². The first-order valence-corrected chi connectivity index (χ1v) is 10.2. The predicted molar refractivity (Wildman–Crippen MR) is 119 cm³/mol. The summed E-state index contributed by atoms with van der Waals surface area (Å²) < 4.78 is 1.96. The molecule has 144 valence electrons. The highest BCUT2D eigenvalue weighted by Gasteiger charge is 2.22. The first-order valence-electron chi connectivity index (χ1n) is 9.36. The largest absolute Gasteiger partial charge is 0.334 e. The fourth-order valence-corrected chi connectivity index (χ4v) is 4.17. The lowest BCUT2D eigenvalue weighted by molar-refractivity contribution is -0.115. The van der Waals surface area contributed by atoms with Gasteiger partial charge in [0.2, 0.25) is 5.91 Å². The van der Waals surface area contributed by atoms with E-state index in [9.17, 15) is 4.79 Å². The lowest BCUT2D eigenvalue weighted by atomic mass is 10.1. The van der Waals surface area contributed by atoms with Gasteiger partial charge in [-0.1, -0.05) is 60.7 Å². The maximum Gasteiger partial charge on any atom is 0.242 e. The van der Waals surface area contributed by atoms with E-state index in [1.165, 1.54) is 0 Å². The molecule has 1 heterocycles. The van der Waals surface area contributed by atoms with Crippen molar-refractivity contribution in [2.75, 3.05) is 5.32 Å². The van der Waals surface area contributed by atoms with Gasteiger partial charge in [0.25, 0.3) is 0 Å². The van der Waals surface area contributed by atoms with Crippen LogP contribution in [-0.4, -0.2) is 15.5 Å². The molecule has 0 bridgehead atoms. The topological polar surface area (TPSA) is 46.9 Å². The summed E-state index contributed by atoms with van der Waals surface area (Å²) in [5.41, 5.74) is 2.69. The van der Waals surface area contributed by atoms with E-state index in [0.29, 0.717) is 0 Å². The zero-order valence-electron chi connectivity index (χ0n) is 16.0. The van der Waals surface area contributed by atoms with Crippen molar-refractivity contribution in [1.82, 2.24) is 9.55 Å². The van der Waals surface area contributed by atoms with Crippen molar-refractivity contribution in [3.63, 3.8) is 0 Å². The van der Waals surface area contributed by atoms with Gasteiger partial charge >= 0.3 is 0 Å². The maximum absolute atomic E-state index is 13.2. The number of aromatic nitrogens is 2. The minimum atomic E-state index is -0.351. The van der Waals surface area contributed by atoms with E-state index >= 15 is 0 Å². The van der Waals surface area contributed by atoms with Gasteiger partial charge in [-0.2, -0.15) is 0 Å². The van der Waals surface area contributed by atoms with Crippen molar-refractivity contribution in [2.45, 2.75) is 10.1 Å². The van der Waals surface area contributed by atoms with E-state index in [1.54, 1.807) is 18.0 Å². The van der Waals surface area contributed by atoms with Crippen LogP contribution in [0.1, 0.15) is 10.8 Å². The Kier molecular flexibility index (Phi) is 5.77. The van der Waals surface area contributed by atoms with Crippen LogP contribution >= 0.6 is 11.8 Å². The molecule has 29 heavy (non-hydrogen) atoms. The number of aryl methyl sites for hydroxylation is 1. The van der Waals surface area contributed by atoms with Crippen LogP contribution < -0.4 is 5.32 Å². The summed E-state index contributed by atoms with van der Waals surface area (Å²) in [4.78, 5) is 18.7. The molecule has 4 aromatic rings. The summed E-state index contributed by atoms with van der Waals surface area (Å²) >= 11 is 1.55. The molecule has 0 aliphatic rings. The lowest BCUT2D eigenvalue weighted by Crippen LogP contribution is -2.19. The molecule has 0 aliphatic heterocycles. The van der Waals surface area contributed by atoms with Crippen molar-refractivity contribution < 1.29 is 4.79 Å². The van der Waals surface area contributed by atoms with Crippen LogP contribution in [0, 0.1) is 0 Å². The zero-order chi connectivity index (χ0) is 20.1. The van der Waals surface area contributed by atoms with Crippen LogP contribution in [0.15, 0.2) is 102 Å².